The van der Waals surface area contributed by atoms with Crippen LogP contribution in [-0.2, 0) is 23.4 Å². The number of aliphatic hydroxyl groups is 1. The van der Waals surface area contributed by atoms with Gasteiger partial charge in [-0.05, 0) is 36.1 Å². The van der Waals surface area contributed by atoms with Gasteiger partial charge in [-0.25, -0.2) is 0 Å². The van der Waals surface area contributed by atoms with E-state index < -0.39 is 5.60 Å². The number of fused-ring (bicyclic) bond motifs is 1. The summed E-state index contributed by atoms with van der Waals surface area (Å²) >= 11 is 1.72. The standard InChI is InChI=1S/C24H23NO2S/c1-24(26,22-13-7-8-15-25-22)23-19-11-5-6-12-20(19)28-21(23)14-16-27-17-18-9-3-2-4-10-18/h2-13,15,26H,14,16-17H2,1H3. The van der Waals surface area contributed by atoms with Gasteiger partial charge in [-0.1, -0.05) is 54.6 Å². The molecule has 4 aromatic rings. The Labute approximate surface area is 169 Å². The molecule has 0 bridgehead atoms. The van der Waals surface area contributed by atoms with Crippen LogP contribution in [0.1, 0.15) is 28.6 Å². The van der Waals surface area contributed by atoms with Gasteiger partial charge < -0.3 is 9.84 Å². The Morgan fingerprint density at radius 1 is 0.964 bits per heavy atom. The van der Waals surface area contributed by atoms with Crippen LogP contribution < -0.4 is 0 Å². The van der Waals surface area contributed by atoms with Crippen LogP contribution in [0.25, 0.3) is 10.1 Å². The van der Waals surface area contributed by atoms with Gasteiger partial charge in [0.05, 0.1) is 18.9 Å². The lowest BCUT2D eigenvalue weighted by atomic mass is 9.89. The molecule has 2 heterocycles. The van der Waals surface area contributed by atoms with E-state index in [1.54, 1.807) is 17.5 Å². The van der Waals surface area contributed by atoms with E-state index in [0.717, 1.165) is 22.2 Å². The summed E-state index contributed by atoms with van der Waals surface area (Å²) in [7, 11) is 0. The second kappa shape index (κ2) is 8.23. The number of rotatable bonds is 7. The molecule has 1 N–H and O–H groups in total. The first-order valence-electron chi connectivity index (χ1n) is 9.42. The second-order valence-electron chi connectivity index (χ2n) is 6.97. The Morgan fingerprint density at radius 3 is 2.50 bits per heavy atom. The second-order valence-corrected chi connectivity index (χ2v) is 8.11. The van der Waals surface area contributed by atoms with Gasteiger partial charge in [-0.2, -0.15) is 0 Å². The maximum absolute atomic E-state index is 11.5. The molecule has 1 atom stereocenters. The van der Waals surface area contributed by atoms with Gasteiger partial charge in [0.15, 0.2) is 0 Å². The zero-order valence-electron chi connectivity index (χ0n) is 15.8. The summed E-state index contributed by atoms with van der Waals surface area (Å²) < 4.78 is 7.08. The average Bonchev–Trinajstić information content (AvgIpc) is 3.12. The van der Waals surface area contributed by atoms with Gasteiger partial charge in [0.1, 0.15) is 5.60 Å². The van der Waals surface area contributed by atoms with Crippen molar-refractivity contribution in [1.29, 1.82) is 0 Å². The van der Waals surface area contributed by atoms with E-state index in [1.807, 2.05) is 55.5 Å². The highest BCUT2D eigenvalue weighted by Crippen LogP contribution is 2.41. The molecule has 3 nitrogen and oxygen atoms in total. The van der Waals surface area contributed by atoms with Gasteiger partial charge in [-0.3, -0.25) is 4.98 Å². The summed E-state index contributed by atoms with van der Waals surface area (Å²) in [5.41, 5.74) is 1.61. The fourth-order valence-corrected chi connectivity index (χ4v) is 4.80. The summed E-state index contributed by atoms with van der Waals surface area (Å²) in [6.07, 6.45) is 2.48. The normalized spacial score (nSPS) is 13.5. The van der Waals surface area contributed by atoms with E-state index in [4.69, 9.17) is 4.74 Å². The predicted octanol–water partition coefficient (Wildman–Crippen LogP) is 5.31. The third-order valence-electron chi connectivity index (χ3n) is 4.90. The van der Waals surface area contributed by atoms with E-state index in [9.17, 15) is 5.11 Å². The van der Waals surface area contributed by atoms with Crippen LogP contribution in [0.4, 0.5) is 0 Å². The third-order valence-corrected chi connectivity index (χ3v) is 6.13. The zero-order valence-corrected chi connectivity index (χ0v) is 16.7. The molecule has 0 saturated heterocycles. The number of hydrogen-bond acceptors (Lipinski definition) is 4. The van der Waals surface area contributed by atoms with Crippen molar-refractivity contribution in [2.45, 2.75) is 25.6 Å². The van der Waals surface area contributed by atoms with Crippen LogP contribution in [0.2, 0.25) is 0 Å². The van der Waals surface area contributed by atoms with E-state index in [0.29, 0.717) is 18.9 Å². The molecular formula is C24H23NO2S. The molecule has 4 heteroatoms. The summed E-state index contributed by atoms with van der Waals surface area (Å²) in [5.74, 6) is 0. The molecular weight excluding hydrogens is 366 g/mol. The summed E-state index contributed by atoms with van der Waals surface area (Å²) in [5, 5.41) is 12.5. The number of nitrogens with zero attached hydrogens (tertiary/aromatic N) is 1. The van der Waals surface area contributed by atoms with Gasteiger partial charge >= 0.3 is 0 Å². The van der Waals surface area contributed by atoms with Crippen molar-refractivity contribution in [3.05, 3.63) is 101 Å². The highest BCUT2D eigenvalue weighted by molar-refractivity contribution is 7.19. The molecule has 2 aromatic heterocycles. The van der Waals surface area contributed by atoms with Gasteiger partial charge in [-0.15, -0.1) is 11.3 Å². The fourth-order valence-electron chi connectivity index (χ4n) is 3.51. The van der Waals surface area contributed by atoms with Crippen molar-refractivity contribution >= 4 is 21.4 Å². The summed E-state index contributed by atoms with van der Waals surface area (Å²) in [4.78, 5) is 5.56. The quantitative estimate of drug-likeness (QED) is 0.436. The number of aromatic nitrogens is 1. The lowest BCUT2D eigenvalue weighted by molar-refractivity contribution is 0.0964. The molecule has 0 spiro atoms. The van der Waals surface area contributed by atoms with E-state index in [2.05, 4.69) is 29.2 Å². The third kappa shape index (κ3) is 3.85. The Balaban J connectivity index is 1.60. The van der Waals surface area contributed by atoms with Gasteiger partial charge in [0.25, 0.3) is 0 Å². The number of benzene rings is 2. The molecule has 28 heavy (non-hydrogen) atoms. The van der Waals surface area contributed by atoms with Crippen molar-refractivity contribution in [2.75, 3.05) is 6.61 Å². The SMILES string of the molecule is CC(O)(c1ccccn1)c1c(CCOCc2ccccc2)sc2ccccc12. The van der Waals surface area contributed by atoms with Crippen LogP contribution in [0.5, 0.6) is 0 Å². The Bertz CT molecular complexity index is 1040. The molecule has 1 unspecified atom stereocenters. The lowest BCUT2D eigenvalue weighted by Gasteiger charge is -2.24. The average molecular weight is 390 g/mol. The lowest BCUT2D eigenvalue weighted by Crippen LogP contribution is -2.25. The van der Waals surface area contributed by atoms with Crippen molar-refractivity contribution in [3.63, 3.8) is 0 Å². The molecule has 0 aliphatic rings. The fraction of sp³-hybridized carbons (Fsp3) is 0.208. The maximum atomic E-state index is 11.5. The van der Waals surface area contributed by atoms with Crippen molar-refractivity contribution < 1.29 is 9.84 Å². The number of pyridine rings is 1. The topological polar surface area (TPSA) is 42.4 Å². The van der Waals surface area contributed by atoms with Crippen LogP contribution in [0, 0.1) is 0 Å². The Morgan fingerprint density at radius 2 is 1.71 bits per heavy atom. The maximum Gasteiger partial charge on any atom is 0.130 e. The zero-order chi connectivity index (χ0) is 19.4. The summed E-state index contributed by atoms with van der Waals surface area (Å²) in [6, 6.07) is 24.1. The van der Waals surface area contributed by atoms with Crippen LogP contribution >= 0.6 is 11.3 Å². The van der Waals surface area contributed by atoms with Gasteiger partial charge in [0.2, 0.25) is 0 Å². The van der Waals surface area contributed by atoms with Gasteiger partial charge in [0, 0.05) is 27.8 Å². The molecule has 0 aliphatic carbocycles. The molecule has 4 rings (SSSR count). The van der Waals surface area contributed by atoms with Crippen molar-refractivity contribution in [2.24, 2.45) is 0 Å². The molecule has 0 amide bonds. The van der Waals surface area contributed by atoms with Crippen molar-refractivity contribution in [3.8, 4) is 0 Å². The number of ether oxygens (including phenoxy) is 1. The predicted molar refractivity (Wildman–Crippen MR) is 115 cm³/mol. The van der Waals surface area contributed by atoms with Crippen molar-refractivity contribution in [1.82, 2.24) is 4.98 Å². The molecule has 142 valence electrons. The first kappa shape index (κ1) is 18.8. The van der Waals surface area contributed by atoms with Crippen LogP contribution in [0.3, 0.4) is 0 Å². The largest absolute Gasteiger partial charge is 0.379 e. The molecule has 0 radical (unpaired) electrons. The molecule has 0 saturated carbocycles. The van der Waals surface area contributed by atoms with E-state index in [1.165, 1.54) is 10.3 Å². The first-order chi connectivity index (χ1) is 13.7. The highest BCUT2D eigenvalue weighted by Gasteiger charge is 2.32. The molecule has 0 fully saturated rings. The number of thiophene rings is 1. The number of hydrogen-bond donors (Lipinski definition) is 1. The smallest absolute Gasteiger partial charge is 0.130 e. The molecule has 0 aliphatic heterocycles. The van der Waals surface area contributed by atoms with Crippen LogP contribution in [0.15, 0.2) is 79.0 Å². The Hall–Kier alpha value is -2.53. The minimum Gasteiger partial charge on any atom is -0.379 e. The highest BCUT2D eigenvalue weighted by atomic mass is 32.1. The Kier molecular flexibility index (Phi) is 5.53. The minimum absolute atomic E-state index is 0.595. The summed E-state index contributed by atoms with van der Waals surface area (Å²) in [6.45, 7) is 3.03. The monoisotopic (exact) mass is 389 g/mol. The van der Waals surface area contributed by atoms with E-state index in [-0.39, 0.29) is 0 Å². The van der Waals surface area contributed by atoms with E-state index >= 15 is 0 Å². The molecule has 2 aromatic carbocycles. The first-order valence-corrected chi connectivity index (χ1v) is 10.2. The van der Waals surface area contributed by atoms with Crippen LogP contribution in [-0.4, -0.2) is 16.7 Å². The minimum atomic E-state index is -1.16.